The van der Waals surface area contributed by atoms with Gasteiger partial charge in [-0.05, 0) is 54.8 Å². The summed E-state index contributed by atoms with van der Waals surface area (Å²) in [4.78, 5) is 40.4. The Morgan fingerprint density at radius 3 is 1.90 bits per heavy atom. The van der Waals surface area contributed by atoms with Crippen LogP contribution in [0, 0.1) is 17.5 Å². The molecule has 0 bridgehead atoms. The normalized spacial score (nSPS) is 14.1. The number of halogens is 9. The van der Waals surface area contributed by atoms with Crippen LogP contribution < -0.4 is 5.73 Å². The molecular formula is C38H31F9N6O5. The van der Waals surface area contributed by atoms with Gasteiger partial charge in [0.15, 0.2) is 23.0 Å². The lowest BCUT2D eigenvalue weighted by atomic mass is 9.86. The Bertz CT molecular complexity index is 2370. The van der Waals surface area contributed by atoms with E-state index in [-0.39, 0.29) is 85.2 Å². The number of hydrogen-bond acceptors (Lipinski definition) is 8. The summed E-state index contributed by atoms with van der Waals surface area (Å²) in [6, 6.07) is 9.72. The SMILES string of the molecule is CC(=O)Cn1nc(C(F)(F)F)c2c1COC2.NC(=O)c1cc(-c2cccnc2[C@@H](CC(=O)Cn2nc(C(F)(F)F)c3c2COC3)Cc2cc(F)cc(F)c2)ccc1F. The van der Waals surface area contributed by atoms with Crippen LogP contribution in [0.4, 0.5) is 39.5 Å². The van der Waals surface area contributed by atoms with Crippen LogP contribution >= 0.6 is 0 Å². The topological polar surface area (TPSA) is 144 Å². The third-order valence-electron chi connectivity index (χ3n) is 9.19. The minimum atomic E-state index is -4.74. The molecule has 306 valence electrons. The highest BCUT2D eigenvalue weighted by atomic mass is 19.4. The second-order valence-electron chi connectivity index (χ2n) is 13.5. The van der Waals surface area contributed by atoms with Gasteiger partial charge in [0, 0.05) is 41.3 Å². The van der Waals surface area contributed by atoms with Gasteiger partial charge in [-0.15, -0.1) is 0 Å². The van der Waals surface area contributed by atoms with Crippen molar-refractivity contribution in [3.8, 4) is 11.1 Å². The maximum atomic E-state index is 14.2. The number of nitrogens with zero attached hydrogens (tertiary/aromatic N) is 5. The van der Waals surface area contributed by atoms with Crippen molar-refractivity contribution in [2.24, 2.45) is 5.73 Å². The molecule has 0 fully saturated rings. The van der Waals surface area contributed by atoms with Crippen LogP contribution in [-0.2, 0) is 77.4 Å². The van der Waals surface area contributed by atoms with Crippen LogP contribution in [0.5, 0.6) is 0 Å². The van der Waals surface area contributed by atoms with E-state index in [9.17, 15) is 53.9 Å². The van der Waals surface area contributed by atoms with Crippen LogP contribution in [0.2, 0.25) is 0 Å². The van der Waals surface area contributed by atoms with E-state index in [4.69, 9.17) is 15.2 Å². The number of amides is 1. The van der Waals surface area contributed by atoms with Crippen molar-refractivity contribution in [2.75, 3.05) is 0 Å². The van der Waals surface area contributed by atoms with Crippen LogP contribution in [0.25, 0.3) is 11.1 Å². The summed E-state index contributed by atoms with van der Waals surface area (Å²) < 4.78 is 133. The largest absolute Gasteiger partial charge is 0.435 e. The van der Waals surface area contributed by atoms with E-state index in [1.54, 1.807) is 12.1 Å². The van der Waals surface area contributed by atoms with Crippen molar-refractivity contribution in [1.82, 2.24) is 24.5 Å². The number of fused-ring (bicyclic) bond motifs is 2. The Morgan fingerprint density at radius 1 is 0.793 bits per heavy atom. The predicted octanol–water partition coefficient (Wildman–Crippen LogP) is 7.02. The molecule has 2 aliphatic heterocycles. The number of benzene rings is 2. The molecule has 11 nitrogen and oxygen atoms in total. The van der Waals surface area contributed by atoms with Crippen molar-refractivity contribution in [3.63, 3.8) is 0 Å². The first kappa shape index (κ1) is 41.7. The Kier molecular flexibility index (Phi) is 11.9. The van der Waals surface area contributed by atoms with Crippen LogP contribution in [0.3, 0.4) is 0 Å². The Morgan fingerprint density at radius 2 is 1.36 bits per heavy atom. The molecule has 2 N–H and O–H groups in total. The van der Waals surface area contributed by atoms with Crippen molar-refractivity contribution in [1.29, 1.82) is 0 Å². The average Bonchev–Trinajstić information content (AvgIpc) is 3.92. The van der Waals surface area contributed by atoms with Gasteiger partial charge in [-0.2, -0.15) is 36.5 Å². The summed E-state index contributed by atoms with van der Waals surface area (Å²) in [6.07, 6.45) is -8.20. The monoisotopic (exact) mass is 822 g/mol. The highest BCUT2D eigenvalue weighted by Crippen LogP contribution is 2.38. The molecule has 0 unspecified atom stereocenters. The third-order valence-corrected chi connectivity index (χ3v) is 9.19. The highest BCUT2D eigenvalue weighted by molar-refractivity contribution is 5.94. The standard InChI is InChI=1S/C29H22F6N4O3.C9H9F3N2O2/c30-18-7-15(8-19(31)11-18)6-17(9-20(40)12-39-25-14-42-13-23(25)27(38-39)29(33,34)35)26-21(2-1-5-37-26)16-3-4-24(32)22(10-16)28(36)41;1-5(15)2-14-7-4-16-3-6(7)8(13-14)9(10,11)12/h1-5,7-8,10-11,17H,6,9,12-14H2,(H2,36,41);2-4H2,1H3/t17-;/m1./s1. The second kappa shape index (κ2) is 16.5. The first-order valence-corrected chi connectivity index (χ1v) is 17.3. The molecule has 7 rings (SSSR count). The average molecular weight is 823 g/mol. The van der Waals surface area contributed by atoms with Gasteiger partial charge in [0.05, 0.1) is 62.2 Å². The number of ketones is 2. The Balaban J connectivity index is 0.000000295. The van der Waals surface area contributed by atoms with Gasteiger partial charge in [-0.3, -0.25) is 28.7 Å². The van der Waals surface area contributed by atoms with Gasteiger partial charge in [0.2, 0.25) is 0 Å². The molecule has 5 heterocycles. The number of ether oxygens (including phenoxy) is 2. The second-order valence-corrected chi connectivity index (χ2v) is 13.5. The fourth-order valence-corrected chi connectivity index (χ4v) is 6.78. The zero-order valence-corrected chi connectivity index (χ0v) is 30.2. The minimum absolute atomic E-state index is 0.0498. The van der Waals surface area contributed by atoms with Crippen LogP contribution in [0.1, 0.15) is 74.8 Å². The summed E-state index contributed by atoms with van der Waals surface area (Å²) in [5, 5.41) is 7.06. The van der Waals surface area contributed by atoms with Crippen molar-refractivity contribution >= 4 is 17.5 Å². The predicted molar refractivity (Wildman–Crippen MR) is 183 cm³/mol. The molecular weight excluding hydrogens is 791 g/mol. The minimum Gasteiger partial charge on any atom is -0.370 e. The number of nitrogens with two attached hydrogens (primary N) is 1. The third kappa shape index (κ3) is 9.28. The lowest BCUT2D eigenvalue weighted by Gasteiger charge is -2.20. The van der Waals surface area contributed by atoms with Crippen molar-refractivity contribution < 1.29 is 63.4 Å². The molecule has 1 amide bonds. The Hall–Kier alpha value is -5.89. The zero-order valence-electron chi connectivity index (χ0n) is 30.2. The van der Waals surface area contributed by atoms with Crippen molar-refractivity contribution in [2.45, 2.75) is 77.6 Å². The maximum Gasteiger partial charge on any atom is 0.435 e. The molecule has 0 aliphatic carbocycles. The van der Waals surface area contributed by atoms with E-state index < -0.39 is 65.3 Å². The van der Waals surface area contributed by atoms with Crippen LogP contribution in [-0.4, -0.2) is 42.0 Å². The number of rotatable bonds is 11. The van der Waals surface area contributed by atoms with Gasteiger partial charge in [0.1, 0.15) is 17.5 Å². The zero-order chi connectivity index (χ0) is 42.1. The summed E-state index contributed by atoms with van der Waals surface area (Å²) in [5.41, 5.74) is 4.48. The van der Waals surface area contributed by atoms with E-state index in [0.717, 1.165) is 27.6 Å². The smallest absolute Gasteiger partial charge is 0.370 e. The fourth-order valence-electron chi connectivity index (χ4n) is 6.78. The number of aromatic nitrogens is 5. The number of hydrogen-bond donors (Lipinski definition) is 1. The summed E-state index contributed by atoms with van der Waals surface area (Å²) >= 11 is 0. The molecule has 1 atom stereocenters. The lowest BCUT2D eigenvalue weighted by Crippen LogP contribution is -2.19. The van der Waals surface area contributed by atoms with Gasteiger partial charge >= 0.3 is 12.4 Å². The number of Topliss-reactive ketones (excluding diaryl/α,β-unsaturated/α-hetero) is 2. The summed E-state index contributed by atoms with van der Waals surface area (Å²) in [5.74, 6) is -5.13. The summed E-state index contributed by atoms with van der Waals surface area (Å²) in [7, 11) is 0. The molecule has 0 spiro atoms. The van der Waals surface area contributed by atoms with E-state index >= 15 is 0 Å². The molecule has 5 aromatic rings. The molecule has 0 radical (unpaired) electrons. The molecule has 0 saturated carbocycles. The van der Waals surface area contributed by atoms with Gasteiger partial charge in [0.25, 0.3) is 5.91 Å². The summed E-state index contributed by atoms with van der Waals surface area (Å²) in [6.45, 7) is 0.191. The van der Waals surface area contributed by atoms with Crippen molar-refractivity contribution in [3.05, 3.63) is 123 Å². The molecule has 0 saturated heterocycles. The quantitative estimate of drug-likeness (QED) is 0.140. The van der Waals surface area contributed by atoms with E-state index in [1.165, 1.54) is 25.3 Å². The number of carbonyl (C=O) groups is 3. The number of pyridine rings is 1. The molecule has 3 aromatic heterocycles. The molecule has 20 heteroatoms. The van der Waals surface area contributed by atoms with Gasteiger partial charge in [-0.25, -0.2) is 13.2 Å². The maximum absolute atomic E-state index is 14.2. The van der Waals surface area contributed by atoms with Gasteiger partial charge in [-0.1, -0.05) is 12.1 Å². The molecule has 2 aliphatic rings. The van der Waals surface area contributed by atoms with E-state index in [0.29, 0.717) is 22.9 Å². The number of carbonyl (C=O) groups excluding carboxylic acids is 3. The Labute approximate surface area is 322 Å². The highest BCUT2D eigenvalue weighted by Gasteiger charge is 2.42. The molecule has 58 heavy (non-hydrogen) atoms. The van der Waals surface area contributed by atoms with E-state index in [2.05, 4.69) is 15.2 Å². The fraction of sp³-hybridized carbons (Fsp3) is 0.316. The first-order chi connectivity index (χ1) is 27.3. The number of primary amides is 1. The van der Waals surface area contributed by atoms with E-state index in [1.807, 2.05) is 0 Å². The lowest BCUT2D eigenvalue weighted by molar-refractivity contribution is -0.143. The number of alkyl halides is 6. The van der Waals surface area contributed by atoms with Gasteiger partial charge < -0.3 is 15.2 Å². The van der Waals surface area contributed by atoms with Crippen LogP contribution in [0.15, 0.2) is 54.7 Å². The first-order valence-electron chi connectivity index (χ1n) is 17.3. The molecule has 2 aromatic carbocycles.